The molecule has 36 heavy (non-hydrogen) atoms. The van der Waals surface area contributed by atoms with Crippen molar-refractivity contribution in [2.75, 3.05) is 18.3 Å². The van der Waals surface area contributed by atoms with Crippen molar-refractivity contribution in [3.05, 3.63) is 89.0 Å². The van der Waals surface area contributed by atoms with Gasteiger partial charge in [-0.25, -0.2) is 0 Å². The van der Waals surface area contributed by atoms with Gasteiger partial charge < -0.3 is 19.3 Å². The van der Waals surface area contributed by atoms with Gasteiger partial charge in [-0.15, -0.1) is 0 Å². The molecule has 2 heterocycles. The van der Waals surface area contributed by atoms with Gasteiger partial charge in [-0.05, 0) is 66.4 Å². The zero-order chi connectivity index (χ0) is 25.4. The molecule has 0 bridgehead atoms. The molecule has 184 valence electrons. The topological polar surface area (TPSA) is 85.3 Å². The van der Waals surface area contributed by atoms with Crippen LogP contribution in [0.3, 0.4) is 0 Å². The highest BCUT2D eigenvalue weighted by Gasteiger charge is 2.47. The number of Topliss-reactive ketones (excluding diaryl/α,β-unsaturated/α-hetero) is 1. The number of benzene rings is 3. The number of amides is 1. The predicted molar refractivity (Wildman–Crippen MR) is 135 cm³/mol. The van der Waals surface area contributed by atoms with Crippen molar-refractivity contribution in [1.29, 1.82) is 0 Å². The second-order valence-corrected chi connectivity index (χ2v) is 9.35. The van der Waals surface area contributed by atoms with Gasteiger partial charge in [-0.3, -0.25) is 14.5 Å². The minimum atomic E-state index is -0.823. The molecule has 0 radical (unpaired) electrons. The number of anilines is 1. The highest BCUT2D eigenvalue weighted by molar-refractivity contribution is 6.51. The maximum Gasteiger partial charge on any atom is 0.300 e. The maximum atomic E-state index is 13.4. The van der Waals surface area contributed by atoms with Gasteiger partial charge in [0, 0.05) is 11.3 Å². The van der Waals surface area contributed by atoms with Crippen LogP contribution in [0.2, 0.25) is 0 Å². The van der Waals surface area contributed by atoms with Crippen LogP contribution < -0.4 is 19.1 Å². The van der Waals surface area contributed by atoms with Crippen molar-refractivity contribution in [2.24, 2.45) is 5.92 Å². The quantitative estimate of drug-likeness (QED) is 0.286. The summed E-state index contributed by atoms with van der Waals surface area (Å²) in [7, 11) is 0. The van der Waals surface area contributed by atoms with Gasteiger partial charge in [0.15, 0.2) is 11.5 Å². The molecule has 7 heteroatoms. The first-order valence-corrected chi connectivity index (χ1v) is 11.8. The van der Waals surface area contributed by atoms with E-state index >= 15 is 0 Å². The van der Waals surface area contributed by atoms with E-state index in [1.54, 1.807) is 24.3 Å². The summed E-state index contributed by atoms with van der Waals surface area (Å²) in [4.78, 5) is 28.1. The lowest BCUT2D eigenvalue weighted by atomic mass is 9.95. The van der Waals surface area contributed by atoms with Crippen LogP contribution >= 0.6 is 0 Å². The second kappa shape index (κ2) is 9.41. The Morgan fingerprint density at radius 1 is 1.03 bits per heavy atom. The number of nitrogens with zero attached hydrogens (tertiary/aromatic N) is 1. The first-order chi connectivity index (χ1) is 17.3. The Morgan fingerprint density at radius 3 is 2.50 bits per heavy atom. The zero-order valence-corrected chi connectivity index (χ0v) is 20.4. The number of aliphatic hydroxyl groups excluding tert-OH is 1. The summed E-state index contributed by atoms with van der Waals surface area (Å²) in [5.74, 6) is 0.364. The summed E-state index contributed by atoms with van der Waals surface area (Å²) in [6.45, 7) is 6.72. The molecule has 1 saturated heterocycles. The van der Waals surface area contributed by atoms with E-state index in [0.29, 0.717) is 46.6 Å². The van der Waals surface area contributed by atoms with Gasteiger partial charge in [0.1, 0.15) is 11.5 Å². The highest BCUT2D eigenvalue weighted by atomic mass is 16.7. The Labute approximate surface area is 209 Å². The molecule has 7 nitrogen and oxygen atoms in total. The van der Waals surface area contributed by atoms with Crippen molar-refractivity contribution >= 4 is 23.1 Å². The molecule has 0 aliphatic carbocycles. The number of carbonyl (C=O) groups excluding carboxylic acids is 2. The van der Waals surface area contributed by atoms with Crippen molar-refractivity contribution < 1.29 is 28.9 Å². The maximum absolute atomic E-state index is 13.4. The van der Waals surface area contributed by atoms with Crippen LogP contribution in [0.5, 0.6) is 17.2 Å². The molecule has 1 atom stereocenters. The van der Waals surface area contributed by atoms with E-state index < -0.39 is 17.7 Å². The Kier molecular flexibility index (Phi) is 6.14. The lowest BCUT2D eigenvalue weighted by molar-refractivity contribution is -0.132. The summed E-state index contributed by atoms with van der Waals surface area (Å²) >= 11 is 0. The van der Waals surface area contributed by atoms with Crippen molar-refractivity contribution in [3.8, 4) is 17.2 Å². The lowest BCUT2D eigenvalue weighted by Crippen LogP contribution is -2.29. The van der Waals surface area contributed by atoms with Gasteiger partial charge >= 0.3 is 0 Å². The number of aryl methyl sites for hydroxylation is 1. The van der Waals surface area contributed by atoms with E-state index in [9.17, 15) is 14.7 Å². The van der Waals surface area contributed by atoms with Crippen molar-refractivity contribution in [1.82, 2.24) is 0 Å². The van der Waals surface area contributed by atoms with Crippen LogP contribution in [0, 0.1) is 12.8 Å². The van der Waals surface area contributed by atoms with Gasteiger partial charge in [0.25, 0.3) is 11.7 Å². The molecular weight excluding hydrogens is 458 g/mol. The van der Waals surface area contributed by atoms with E-state index in [2.05, 4.69) is 13.8 Å². The van der Waals surface area contributed by atoms with E-state index in [1.165, 1.54) is 4.90 Å². The van der Waals surface area contributed by atoms with E-state index in [1.807, 2.05) is 49.4 Å². The molecular formula is C29H27NO6. The molecule has 0 aromatic heterocycles. The first-order valence-electron chi connectivity index (χ1n) is 11.8. The van der Waals surface area contributed by atoms with Crippen LogP contribution in [-0.4, -0.2) is 30.2 Å². The fraction of sp³-hybridized carbons (Fsp3) is 0.241. The Bertz CT molecular complexity index is 1360. The predicted octanol–water partition coefficient (Wildman–Crippen LogP) is 5.38. The number of ketones is 1. The van der Waals surface area contributed by atoms with Gasteiger partial charge in [-0.1, -0.05) is 38.1 Å². The zero-order valence-electron chi connectivity index (χ0n) is 20.4. The average molecular weight is 486 g/mol. The van der Waals surface area contributed by atoms with Gasteiger partial charge in [-0.2, -0.15) is 0 Å². The van der Waals surface area contributed by atoms with Gasteiger partial charge in [0.2, 0.25) is 6.79 Å². The second-order valence-electron chi connectivity index (χ2n) is 9.35. The van der Waals surface area contributed by atoms with Crippen LogP contribution in [0.15, 0.2) is 72.3 Å². The summed E-state index contributed by atoms with van der Waals surface area (Å²) < 4.78 is 16.6. The SMILES string of the molecule is Cc1cccc(N2C(=O)C(=O)/C(=C(\O)c3ccc4c(c3)OCO4)C2c2ccc(OCC(C)C)cc2)c1. The number of carbonyl (C=O) groups is 2. The third-order valence-corrected chi connectivity index (χ3v) is 6.15. The summed E-state index contributed by atoms with van der Waals surface area (Å²) in [6.07, 6.45) is 0. The summed E-state index contributed by atoms with van der Waals surface area (Å²) in [5, 5.41) is 11.3. The number of rotatable bonds is 6. The third kappa shape index (κ3) is 4.28. The van der Waals surface area contributed by atoms with Crippen molar-refractivity contribution in [3.63, 3.8) is 0 Å². The van der Waals surface area contributed by atoms with Gasteiger partial charge in [0.05, 0.1) is 18.2 Å². The van der Waals surface area contributed by atoms with Crippen LogP contribution in [0.4, 0.5) is 5.69 Å². The smallest absolute Gasteiger partial charge is 0.300 e. The molecule has 0 saturated carbocycles. The van der Waals surface area contributed by atoms with E-state index in [-0.39, 0.29) is 18.1 Å². The monoisotopic (exact) mass is 485 g/mol. The molecule has 3 aromatic carbocycles. The number of hydrogen-bond acceptors (Lipinski definition) is 6. The van der Waals surface area contributed by atoms with E-state index in [0.717, 1.165) is 5.56 Å². The van der Waals surface area contributed by atoms with Crippen LogP contribution in [0.25, 0.3) is 5.76 Å². The van der Waals surface area contributed by atoms with Crippen molar-refractivity contribution in [2.45, 2.75) is 26.8 Å². The first kappa shape index (κ1) is 23.5. The number of aliphatic hydroxyl groups is 1. The number of fused-ring (bicyclic) bond motifs is 1. The normalized spacial score (nSPS) is 18.2. The Balaban J connectivity index is 1.63. The third-order valence-electron chi connectivity index (χ3n) is 6.15. The summed E-state index contributed by atoms with van der Waals surface area (Å²) in [5.41, 5.74) is 2.57. The Hall–Kier alpha value is -4.26. The summed E-state index contributed by atoms with van der Waals surface area (Å²) in [6, 6.07) is 18.8. The molecule has 5 rings (SSSR count). The number of ether oxygens (including phenoxy) is 3. The van der Waals surface area contributed by atoms with E-state index in [4.69, 9.17) is 14.2 Å². The minimum absolute atomic E-state index is 0.0104. The lowest BCUT2D eigenvalue weighted by Gasteiger charge is -2.26. The molecule has 1 fully saturated rings. The molecule has 1 unspecified atom stereocenters. The fourth-order valence-electron chi connectivity index (χ4n) is 4.40. The molecule has 0 spiro atoms. The number of hydrogen-bond donors (Lipinski definition) is 1. The fourth-order valence-corrected chi connectivity index (χ4v) is 4.40. The molecule has 1 amide bonds. The molecule has 3 aromatic rings. The Morgan fingerprint density at radius 2 is 1.78 bits per heavy atom. The molecule has 1 N–H and O–H groups in total. The average Bonchev–Trinajstić information content (AvgIpc) is 3.44. The molecule has 2 aliphatic rings. The largest absolute Gasteiger partial charge is 0.507 e. The highest BCUT2D eigenvalue weighted by Crippen LogP contribution is 2.43. The molecule has 2 aliphatic heterocycles. The van der Waals surface area contributed by atoms with Crippen LogP contribution in [0.1, 0.15) is 36.6 Å². The standard InChI is InChI=1S/C29H27NO6/c1-17(2)15-34-22-10-7-19(8-11-22)26-25(27(31)20-9-12-23-24(14-20)36-16-35-23)28(32)29(33)30(26)21-6-4-5-18(3)13-21/h4-14,17,26,31H,15-16H2,1-3H3/b27-25-. The van der Waals surface area contributed by atoms with Crippen LogP contribution in [-0.2, 0) is 9.59 Å². The minimum Gasteiger partial charge on any atom is -0.507 e.